The number of benzene rings is 1. The molecule has 104 valence electrons. The van der Waals surface area contributed by atoms with Crippen LogP contribution in [0.3, 0.4) is 0 Å². The van der Waals surface area contributed by atoms with E-state index < -0.39 is 0 Å². The second-order valence-corrected chi connectivity index (χ2v) is 5.82. The Hall–Kier alpha value is -1.39. The van der Waals surface area contributed by atoms with Crippen molar-refractivity contribution >= 4 is 28.2 Å². The standard InChI is InChI=1S/C15H16ClN3O/c16-14-10-4-1-2-5-11(10)15(18-17-14)19-8-9-20-13-7-3-6-12(13)19/h1-2,4-5,12-13H,3,6-9H2. The summed E-state index contributed by atoms with van der Waals surface area (Å²) in [6.07, 6.45) is 3.90. The fraction of sp³-hybridized carbons (Fsp3) is 0.467. The molecule has 2 aromatic rings. The fourth-order valence-corrected chi connectivity index (χ4v) is 3.66. The molecule has 2 atom stereocenters. The molecule has 1 saturated heterocycles. The van der Waals surface area contributed by atoms with Gasteiger partial charge in [0, 0.05) is 17.3 Å². The molecule has 4 rings (SSSR count). The van der Waals surface area contributed by atoms with E-state index in [0.717, 1.165) is 36.2 Å². The minimum absolute atomic E-state index is 0.347. The van der Waals surface area contributed by atoms with E-state index in [9.17, 15) is 0 Å². The number of nitrogens with zero attached hydrogens (tertiary/aromatic N) is 3. The Balaban J connectivity index is 1.83. The molecule has 2 unspecified atom stereocenters. The first-order chi connectivity index (χ1) is 9.84. The van der Waals surface area contributed by atoms with E-state index in [0.29, 0.717) is 17.3 Å². The molecule has 20 heavy (non-hydrogen) atoms. The third-order valence-corrected chi connectivity index (χ3v) is 4.66. The zero-order valence-corrected chi connectivity index (χ0v) is 11.9. The van der Waals surface area contributed by atoms with Crippen molar-refractivity contribution in [3.05, 3.63) is 29.4 Å². The van der Waals surface area contributed by atoms with Crippen LogP contribution >= 0.6 is 11.6 Å². The molecule has 0 N–H and O–H groups in total. The Morgan fingerprint density at radius 2 is 2.00 bits per heavy atom. The fourth-order valence-electron chi connectivity index (χ4n) is 3.46. The summed E-state index contributed by atoms with van der Waals surface area (Å²) in [6, 6.07) is 8.52. The van der Waals surface area contributed by atoms with Crippen molar-refractivity contribution < 1.29 is 4.74 Å². The van der Waals surface area contributed by atoms with Gasteiger partial charge in [-0.2, -0.15) is 0 Å². The summed E-state index contributed by atoms with van der Waals surface area (Å²) < 4.78 is 5.87. The largest absolute Gasteiger partial charge is 0.374 e. The molecule has 2 aliphatic rings. The SMILES string of the molecule is Clc1nnc(N2CCOC3CCCC32)c2ccccc12. The van der Waals surface area contributed by atoms with Crippen molar-refractivity contribution in [3.8, 4) is 0 Å². The zero-order chi connectivity index (χ0) is 13.5. The molecule has 4 nitrogen and oxygen atoms in total. The zero-order valence-electron chi connectivity index (χ0n) is 11.1. The number of ether oxygens (including phenoxy) is 1. The van der Waals surface area contributed by atoms with Crippen LogP contribution in [0.4, 0.5) is 5.82 Å². The number of aromatic nitrogens is 2. The van der Waals surface area contributed by atoms with Gasteiger partial charge < -0.3 is 9.64 Å². The first-order valence-electron chi connectivity index (χ1n) is 7.14. The number of fused-ring (bicyclic) bond motifs is 2. The van der Waals surface area contributed by atoms with E-state index in [2.05, 4.69) is 21.2 Å². The maximum Gasteiger partial charge on any atom is 0.159 e. The average molecular weight is 290 g/mol. The Labute approximate surface area is 122 Å². The van der Waals surface area contributed by atoms with E-state index in [1.165, 1.54) is 12.8 Å². The van der Waals surface area contributed by atoms with Gasteiger partial charge in [0.25, 0.3) is 0 Å². The Morgan fingerprint density at radius 3 is 2.90 bits per heavy atom. The molecule has 0 amide bonds. The van der Waals surface area contributed by atoms with Gasteiger partial charge in [0.1, 0.15) is 0 Å². The normalized spacial score (nSPS) is 25.9. The first kappa shape index (κ1) is 12.4. The molecule has 1 aromatic heterocycles. The van der Waals surface area contributed by atoms with E-state index in [-0.39, 0.29) is 0 Å². The minimum Gasteiger partial charge on any atom is -0.374 e. The molecule has 1 aromatic carbocycles. The van der Waals surface area contributed by atoms with Gasteiger partial charge in [-0.25, -0.2) is 0 Å². The topological polar surface area (TPSA) is 38.2 Å². The van der Waals surface area contributed by atoms with E-state index in [1.807, 2.05) is 18.2 Å². The summed E-state index contributed by atoms with van der Waals surface area (Å²) in [7, 11) is 0. The molecular weight excluding hydrogens is 274 g/mol. The Morgan fingerprint density at radius 1 is 1.15 bits per heavy atom. The average Bonchev–Trinajstić information content (AvgIpc) is 2.97. The maximum absolute atomic E-state index is 6.16. The lowest BCUT2D eigenvalue weighted by Crippen LogP contribution is -2.49. The monoisotopic (exact) mass is 289 g/mol. The Bertz CT molecular complexity index is 648. The molecule has 1 aliphatic heterocycles. The first-order valence-corrected chi connectivity index (χ1v) is 7.51. The van der Waals surface area contributed by atoms with Crippen LogP contribution in [0.5, 0.6) is 0 Å². The molecular formula is C15H16ClN3O. The van der Waals surface area contributed by atoms with Gasteiger partial charge in [-0.15, -0.1) is 10.2 Å². The van der Waals surface area contributed by atoms with Crippen LogP contribution < -0.4 is 4.90 Å². The van der Waals surface area contributed by atoms with Crippen molar-refractivity contribution in [2.24, 2.45) is 0 Å². The quantitative estimate of drug-likeness (QED) is 0.809. The van der Waals surface area contributed by atoms with E-state index in [4.69, 9.17) is 16.3 Å². The highest BCUT2D eigenvalue weighted by Gasteiger charge is 2.37. The van der Waals surface area contributed by atoms with Gasteiger partial charge in [-0.1, -0.05) is 35.9 Å². The molecule has 2 fully saturated rings. The smallest absolute Gasteiger partial charge is 0.159 e. The number of rotatable bonds is 1. The molecule has 2 heterocycles. The summed E-state index contributed by atoms with van der Waals surface area (Å²) in [6.45, 7) is 1.64. The lowest BCUT2D eigenvalue weighted by molar-refractivity contribution is 0.0254. The molecule has 0 bridgehead atoms. The van der Waals surface area contributed by atoms with Crippen LogP contribution in [-0.4, -0.2) is 35.5 Å². The van der Waals surface area contributed by atoms with Gasteiger partial charge in [0.05, 0.1) is 18.8 Å². The predicted octanol–water partition coefficient (Wildman–Crippen LogP) is 3.04. The lowest BCUT2D eigenvalue weighted by Gasteiger charge is -2.38. The second-order valence-electron chi connectivity index (χ2n) is 5.46. The molecule has 1 aliphatic carbocycles. The molecule has 0 spiro atoms. The highest BCUT2D eigenvalue weighted by molar-refractivity contribution is 6.34. The summed E-state index contributed by atoms with van der Waals surface area (Å²) in [4.78, 5) is 2.37. The number of halogens is 1. The summed E-state index contributed by atoms with van der Waals surface area (Å²) in [5, 5.41) is 11.0. The van der Waals surface area contributed by atoms with Crippen molar-refractivity contribution in [2.45, 2.75) is 31.4 Å². The van der Waals surface area contributed by atoms with Gasteiger partial charge in [-0.3, -0.25) is 0 Å². The van der Waals surface area contributed by atoms with Crippen molar-refractivity contribution in [1.29, 1.82) is 0 Å². The summed E-state index contributed by atoms with van der Waals surface area (Å²) in [5.41, 5.74) is 0. The molecule has 5 heteroatoms. The summed E-state index contributed by atoms with van der Waals surface area (Å²) in [5.74, 6) is 0.949. The van der Waals surface area contributed by atoms with Crippen molar-refractivity contribution in [1.82, 2.24) is 10.2 Å². The van der Waals surface area contributed by atoms with Crippen LogP contribution in [0.2, 0.25) is 5.15 Å². The van der Waals surface area contributed by atoms with Gasteiger partial charge in [-0.05, 0) is 19.3 Å². The van der Waals surface area contributed by atoms with Crippen molar-refractivity contribution in [3.63, 3.8) is 0 Å². The number of hydrogen-bond acceptors (Lipinski definition) is 4. The number of hydrogen-bond donors (Lipinski definition) is 0. The van der Waals surface area contributed by atoms with Gasteiger partial charge in [0.2, 0.25) is 0 Å². The van der Waals surface area contributed by atoms with Crippen LogP contribution in [0.1, 0.15) is 19.3 Å². The van der Waals surface area contributed by atoms with E-state index >= 15 is 0 Å². The van der Waals surface area contributed by atoms with Crippen molar-refractivity contribution in [2.75, 3.05) is 18.1 Å². The minimum atomic E-state index is 0.347. The number of morpholine rings is 1. The maximum atomic E-state index is 6.16. The highest BCUT2D eigenvalue weighted by Crippen LogP contribution is 2.36. The van der Waals surface area contributed by atoms with Gasteiger partial charge in [0.15, 0.2) is 11.0 Å². The third kappa shape index (κ3) is 1.86. The predicted molar refractivity (Wildman–Crippen MR) is 79.3 cm³/mol. The third-order valence-electron chi connectivity index (χ3n) is 4.38. The number of anilines is 1. The lowest BCUT2D eigenvalue weighted by atomic mass is 10.1. The summed E-state index contributed by atoms with van der Waals surface area (Å²) >= 11 is 6.16. The van der Waals surface area contributed by atoms with Crippen LogP contribution in [0.25, 0.3) is 10.8 Å². The molecule has 0 radical (unpaired) electrons. The highest BCUT2D eigenvalue weighted by atomic mass is 35.5. The van der Waals surface area contributed by atoms with Crippen LogP contribution in [-0.2, 0) is 4.74 Å². The molecule has 1 saturated carbocycles. The van der Waals surface area contributed by atoms with Crippen LogP contribution in [0.15, 0.2) is 24.3 Å². The Kier molecular flexibility index (Phi) is 3.00. The second kappa shape index (κ2) is 4.86. The van der Waals surface area contributed by atoms with Crippen LogP contribution in [0, 0.1) is 0 Å². The van der Waals surface area contributed by atoms with Gasteiger partial charge >= 0.3 is 0 Å². The van der Waals surface area contributed by atoms with E-state index in [1.54, 1.807) is 0 Å².